The molecule has 0 spiro atoms. The summed E-state index contributed by atoms with van der Waals surface area (Å²) < 4.78 is 18.6. The van der Waals surface area contributed by atoms with Crippen molar-refractivity contribution >= 4 is 11.6 Å². The second-order valence-corrected chi connectivity index (χ2v) is 4.79. The molecule has 19 heavy (non-hydrogen) atoms. The van der Waals surface area contributed by atoms with Crippen molar-refractivity contribution in [2.45, 2.75) is 11.7 Å². The second-order valence-electron chi connectivity index (χ2n) is 4.44. The van der Waals surface area contributed by atoms with E-state index in [2.05, 4.69) is 4.98 Å². The zero-order valence-electron chi connectivity index (χ0n) is 9.88. The minimum Gasteiger partial charge on any atom is -0.393 e. The van der Waals surface area contributed by atoms with Crippen LogP contribution in [0.5, 0.6) is 0 Å². The molecule has 1 aromatic carbocycles. The van der Waals surface area contributed by atoms with Gasteiger partial charge in [-0.05, 0) is 23.8 Å². The van der Waals surface area contributed by atoms with E-state index in [1.165, 1.54) is 12.1 Å². The average Bonchev–Trinajstić information content (AvgIpc) is 3.16. The van der Waals surface area contributed by atoms with Crippen LogP contribution in [0.15, 0.2) is 42.6 Å². The van der Waals surface area contributed by atoms with E-state index in [0.717, 1.165) is 11.1 Å². The first-order valence-electron chi connectivity index (χ1n) is 5.82. The summed E-state index contributed by atoms with van der Waals surface area (Å²) in [5.74, 6) is -0.326. The number of hydrogen-bond acceptors (Lipinski definition) is 3. The molecule has 1 aliphatic heterocycles. The highest BCUT2D eigenvalue weighted by Gasteiger charge is 2.59. The van der Waals surface area contributed by atoms with Crippen molar-refractivity contribution in [3.8, 4) is 0 Å². The van der Waals surface area contributed by atoms with E-state index in [1.807, 2.05) is 0 Å². The van der Waals surface area contributed by atoms with Gasteiger partial charge in [0, 0.05) is 11.8 Å². The number of ether oxygens (including phenoxy) is 1. The topological polar surface area (TPSA) is 45.6 Å². The predicted molar refractivity (Wildman–Crippen MR) is 68.2 cm³/mol. The van der Waals surface area contributed by atoms with Gasteiger partial charge in [0.2, 0.25) is 0 Å². The van der Waals surface area contributed by atoms with Crippen LogP contribution in [-0.2, 0) is 10.3 Å². The molecule has 1 fully saturated rings. The van der Waals surface area contributed by atoms with Gasteiger partial charge in [0.25, 0.3) is 0 Å². The van der Waals surface area contributed by atoms with Crippen LogP contribution in [0, 0.1) is 5.82 Å². The Morgan fingerprint density at radius 1 is 1.32 bits per heavy atom. The maximum atomic E-state index is 12.9. The number of aliphatic hydroxyl groups is 1. The molecule has 5 heteroatoms. The lowest BCUT2D eigenvalue weighted by Gasteiger charge is -2.10. The van der Waals surface area contributed by atoms with Crippen LogP contribution in [0.25, 0.3) is 0 Å². The van der Waals surface area contributed by atoms with Crippen LogP contribution in [0.1, 0.15) is 17.2 Å². The molecule has 0 bridgehead atoms. The molecule has 2 heterocycles. The van der Waals surface area contributed by atoms with Crippen LogP contribution in [0.2, 0.25) is 5.15 Å². The molecule has 3 nitrogen and oxygen atoms in total. The Balaban J connectivity index is 1.96. The van der Waals surface area contributed by atoms with Gasteiger partial charge in [0.05, 0.1) is 6.61 Å². The number of hydrogen-bond donors (Lipinski definition) is 1. The quantitative estimate of drug-likeness (QED) is 0.694. The van der Waals surface area contributed by atoms with Gasteiger partial charge in [-0.2, -0.15) is 0 Å². The highest BCUT2D eigenvalue weighted by atomic mass is 35.5. The number of rotatable bonds is 3. The van der Waals surface area contributed by atoms with Crippen LogP contribution in [0.4, 0.5) is 4.39 Å². The van der Waals surface area contributed by atoms with Crippen LogP contribution in [-0.4, -0.2) is 16.7 Å². The Kier molecular flexibility index (Phi) is 3.01. The smallest absolute Gasteiger partial charge is 0.147 e. The summed E-state index contributed by atoms with van der Waals surface area (Å²) in [4.78, 5) is 3.99. The molecule has 0 radical (unpaired) electrons. The van der Waals surface area contributed by atoms with Gasteiger partial charge >= 0.3 is 0 Å². The van der Waals surface area contributed by atoms with Crippen molar-refractivity contribution in [3.63, 3.8) is 0 Å². The maximum Gasteiger partial charge on any atom is 0.147 e. The fourth-order valence-electron chi connectivity index (χ4n) is 2.25. The van der Waals surface area contributed by atoms with Gasteiger partial charge in [-0.3, -0.25) is 0 Å². The zero-order valence-corrected chi connectivity index (χ0v) is 10.6. The molecule has 1 aromatic heterocycles. The predicted octanol–water partition coefficient (Wildman–Crippen LogP) is 2.83. The first-order chi connectivity index (χ1) is 9.17. The summed E-state index contributed by atoms with van der Waals surface area (Å²) in [6, 6.07) is 9.47. The Bertz CT molecular complexity index is 605. The fraction of sp³-hybridized carbons (Fsp3) is 0.214. The van der Waals surface area contributed by atoms with E-state index < -0.39 is 5.60 Å². The number of halogens is 2. The number of epoxide rings is 1. The van der Waals surface area contributed by atoms with E-state index >= 15 is 0 Å². The SMILES string of the molecule is OC[C@]1(c2ccc(F)cc2)O[C@H]1c1cccnc1Cl. The largest absolute Gasteiger partial charge is 0.393 e. The Hall–Kier alpha value is -1.49. The zero-order chi connectivity index (χ0) is 13.5. The van der Waals surface area contributed by atoms with Crippen molar-refractivity contribution in [2.24, 2.45) is 0 Å². The number of pyridine rings is 1. The van der Waals surface area contributed by atoms with E-state index in [1.54, 1.807) is 30.5 Å². The molecule has 0 amide bonds. The third kappa shape index (κ3) is 2.02. The first-order valence-corrected chi connectivity index (χ1v) is 6.20. The molecule has 2 aromatic rings. The molecule has 0 aliphatic carbocycles. The van der Waals surface area contributed by atoms with E-state index in [-0.39, 0.29) is 18.5 Å². The summed E-state index contributed by atoms with van der Waals surface area (Å²) in [6.45, 7) is -0.200. The Labute approximate surface area is 114 Å². The first kappa shape index (κ1) is 12.5. The van der Waals surface area contributed by atoms with Gasteiger partial charge in [-0.25, -0.2) is 9.37 Å². The van der Waals surface area contributed by atoms with Gasteiger partial charge in [0.15, 0.2) is 0 Å². The van der Waals surface area contributed by atoms with Crippen molar-refractivity contribution < 1.29 is 14.2 Å². The molecule has 98 valence electrons. The van der Waals surface area contributed by atoms with Crippen LogP contribution in [0.3, 0.4) is 0 Å². The average molecular weight is 280 g/mol. The molecule has 1 saturated heterocycles. The lowest BCUT2D eigenvalue weighted by molar-refractivity contribution is 0.172. The molecular formula is C14H11ClFNO2. The maximum absolute atomic E-state index is 12.9. The van der Waals surface area contributed by atoms with Gasteiger partial charge in [-0.1, -0.05) is 29.8 Å². The van der Waals surface area contributed by atoms with Gasteiger partial charge < -0.3 is 9.84 Å². The minimum atomic E-state index is -0.847. The lowest BCUT2D eigenvalue weighted by atomic mass is 9.93. The molecular weight excluding hydrogens is 269 g/mol. The van der Waals surface area contributed by atoms with Crippen LogP contribution < -0.4 is 0 Å². The van der Waals surface area contributed by atoms with Crippen molar-refractivity contribution in [1.82, 2.24) is 4.98 Å². The highest BCUT2D eigenvalue weighted by Crippen LogP contribution is 2.57. The number of benzene rings is 1. The Morgan fingerprint density at radius 2 is 2.05 bits per heavy atom. The summed E-state index contributed by atoms with van der Waals surface area (Å²) in [6.07, 6.45) is 1.23. The summed E-state index contributed by atoms with van der Waals surface area (Å²) in [5, 5.41) is 9.97. The van der Waals surface area contributed by atoms with E-state index in [4.69, 9.17) is 16.3 Å². The van der Waals surface area contributed by atoms with Crippen LogP contribution >= 0.6 is 11.6 Å². The standard InChI is InChI=1S/C14H11ClFNO2/c15-13-11(2-1-7-17-13)12-14(8-18,19-12)9-3-5-10(16)6-4-9/h1-7,12,18H,8H2/t12-,14+/m0/s1. The summed E-state index contributed by atoms with van der Waals surface area (Å²) >= 11 is 6.02. The number of aromatic nitrogens is 1. The third-order valence-electron chi connectivity index (χ3n) is 3.33. The minimum absolute atomic E-state index is 0.200. The lowest BCUT2D eigenvalue weighted by Crippen LogP contribution is -2.15. The molecule has 0 unspecified atom stereocenters. The normalized spacial score (nSPS) is 25.3. The molecule has 1 aliphatic rings. The molecule has 1 N–H and O–H groups in total. The number of aliphatic hydroxyl groups excluding tert-OH is 1. The molecule has 0 saturated carbocycles. The van der Waals surface area contributed by atoms with Crippen molar-refractivity contribution in [3.05, 3.63) is 64.7 Å². The monoisotopic (exact) mass is 279 g/mol. The summed E-state index contributed by atoms with van der Waals surface area (Å²) in [5.41, 5.74) is 0.601. The molecule has 3 rings (SSSR count). The van der Waals surface area contributed by atoms with Crippen molar-refractivity contribution in [1.29, 1.82) is 0 Å². The molecule has 2 atom stereocenters. The van der Waals surface area contributed by atoms with Gasteiger partial charge in [0.1, 0.15) is 22.7 Å². The van der Waals surface area contributed by atoms with E-state index in [0.29, 0.717) is 5.15 Å². The summed E-state index contributed by atoms with van der Waals surface area (Å²) in [7, 11) is 0. The highest BCUT2D eigenvalue weighted by molar-refractivity contribution is 6.30. The van der Waals surface area contributed by atoms with Gasteiger partial charge in [-0.15, -0.1) is 0 Å². The Morgan fingerprint density at radius 3 is 2.68 bits per heavy atom. The fourth-order valence-corrected chi connectivity index (χ4v) is 2.47. The number of nitrogens with zero attached hydrogens (tertiary/aromatic N) is 1. The third-order valence-corrected chi connectivity index (χ3v) is 3.65. The van der Waals surface area contributed by atoms with E-state index in [9.17, 15) is 9.50 Å². The second kappa shape index (κ2) is 4.56. The van der Waals surface area contributed by atoms with Crippen molar-refractivity contribution in [2.75, 3.05) is 6.61 Å².